The Bertz CT molecular complexity index is 945. The van der Waals surface area contributed by atoms with E-state index < -0.39 is 15.6 Å². The summed E-state index contributed by atoms with van der Waals surface area (Å²) in [7, 11) is -3.65. The number of aryl methyl sites for hydroxylation is 2. The highest BCUT2D eigenvalue weighted by atomic mass is 32.2. The van der Waals surface area contributed by atoms with Gasteiger partial charge in [0.1, 0.15) is 0 Å². The number of nitrogens with zero attached hydrogens (tertiary/aromatic N) is 1. The molecule has 0 aromatic heterocycles. The minimum atomic E-state index is -3.65. The minimum Gasteiger partial charge on any atom is -0.370 e. The molecule has 0 aliphatic rings. The van der Waals surface area contributed by atoms with Gasteiger partial charge in [0.2, 0.25) is 10.0 Å². The molecule has 0 atom stereocenters. The third-order valence-corrected chi connectivity index (χ3v) is 5.76. The summed E-state index contributed by atoms with van der Waals surface area (Å²) in [6, 6.07) is 12.7. The van der Waals surface area contributed by atoms with Gasteiger partial charge in [0, 0.05) is 11.2 Å². The van der Waals surface area contributed by atoms with Gasteiger partial charge in [-0.1, -0.05) is 24.3 Å². The van der Waals surface area contributed by atoms with E-state index in [-0.39, 0.29) is 17.4 Å². The van der Waals surface area contributed by atoms with Gasteiger partial charge in [0.05, 0.1) is 11.4 Å². The molecule has 2 rings (SSSR count). The minimum absolute atomic E-state index is 0.158. The summed E-state index contributed by atoms with van der Waals surface area (Å²) < 4.78 is 28.0. The molecule has 4 N–H and O–H groups in total. The van der Waals surface area contributed by atoms with Crippen LogP contribution >= 0.6 is 0 Å². The van der Waals surface area contributed by atoms with Gasteiger partial charge < -0.3 is 11.1 Å². The fraction of sp³-hybridized carbons (Fsp3) is 0.350. The van der Waals surface area contributed by atoms with Crippen LogP contribution in [0.2, 0.25) is 0 Å². The predicted octanol–water partition coefficient (Wildman–Crippen LogP) is 3.31. The van der Waals surface area contributed by atoms with E-state index in [0.717, 1.165) is 11.3 Å². The number of guanidine groups is 1. The molecule has 2 aromatic rings. The van der Waals surface area contributed by atoms with E-state index in [0.29, 0.717) is 5.56 Å². The molecule has 7 heteroatoms. The Kier molecular flexibility index (Phi) is 6.28. The Hall–Kier alpha value is -2.38. The Labute approximate surface area is 162 Å². The molecule has 0 aliphatic carbocycles. The lowest BCUT2D eigenvalue weighted by Gasteiger charge is -2.21. The zero-order valence-electron chi connectivity index (χ0n) is 16.5. The van der Waals surface area contributed by atoms with Crippen molar-refractivity contribution in [2.75, 3.05) is 5.32 Å². The van der Waals surface area contributed by atoms with Crippen LogP contribution in [0.5, 0.6) is 0 Å². The first-order valence-corrected chi connectivity index (χ1v) is 10.2. The van der Waals surface area contributed by atoms with Crippen LogP contribution in [0.1, 0.15) is 37.5 Å². The Morgan fingerprint density at radius 1 is 1.07 bits per heavy atom. The highest BCUT2D eigenvalue weighted by Crippen LogP contribution is 2.19. The van der Waals surface area contributed by atoms with Crippen molar-refractivity contribution in [2.45, 2.75) is 51.6 Å². The molecule has 0 bridgehead atoms. The molecule has 0 radical (unpaired) electrons. The quantitative estimate of drug-likeness (QED) is 0.541. The van der Waals surface area contributed by atoms with Gasteiger partial charge in [0.15, 0.2) is 5.96 Å². The number of nitrogens with one attached hydrogen (secondary N) is 2. The zero-order chi connectivity index (χ0) is 20.2. The smallest absolute Gasteiger partial charge is 0.241 e. The molecule has 0 unspecified atom stereocenters. The fourth-order valence-corrected chi connectivity index (χ4v) is 4.18. The first kappa shape index (κ1) is 20.9. The first-order valence-electron chi connectivity index (χ1n) is 8.74. The maximum Gasteiger partial charge on any atom is 0.241 e. The van der Waals surface area contributed by atoms with Crippen LogP contribution in [0, 0.1) is 13.8 Å². The molecule has 0 fully saturated rings. The van der Waals surface area contributed by atoms with Crippen LogP contribution in [0.4, 0.5) is 5.69 Å². The van der Waals surface area contributed by atoms with Gasteiger partial charge in [-0.15, -0.1) is 0 Å². The molecule has 0 spiro atoms. The van der Waals surface area contributed by atoms with E-state index in [1.807, 2.05) is 32.0 Å². The van der Waals surface area contributed by atoms with Gasteiger partial charge >= 0.3 is 0 Å². The Balaban J connectivity index is 2.20. The number of hydrogen-bond acceptors (Lipinski definition) is 3. The van der Waals surface area contributed by atoms with Gasteiger partial charge in [-0.05, 0) is 69.5 Å². The highest BCUT2D eigenvalue weighted by molar-refractivity contribution is 7.89. The molecule has 0 aliphatic heterocycles. The second-order valence-electron chi connectivity index (χ2n) is 7.59. The number of aliphatic imine (C=N–C) groups is 1. The van der Waals surface area contributed by atoms with E-state index in [9.17, 15) is 8.42 Å². The van der Waals surface area contributed by atoms with Crippen molar-refractivity contribution in [3.8, 4) is 0 Å². The zero-order valence-corrected chi connectivity index (χ0v) is 17.3. The summed E-state index contributed by atoms with van der Waals surface area (Å²) in [4.78, 5) is 4.51. The summed E-state index contributed by atoms with van der Waals surface area (Å²) in [6.45, 7) is 9.63. The standard InChI is InChI=1S/C20H28N4O2S/c1-14-10-11-17(12-15(14)2)23-19(21)22-13-16-8-6-7-9-18(16)27(25,26)24-20(3,4)5/h6-12,24H,13H2,1-5H3,(H3,21,22,23). The number of nitrogens with two attached hydrogens (primary N) is 1. The first-order chi connectivity index (χ1) is 12.5. The van der Waals surface area contributed by atoms with Crippen molar-refractivity contribution >= 4 is 21.7 Å². The van der Waals surface area contributed by atoms with Gasteiger partial charge in [-0.2, -0.15) is 0 Å². The molecule has 0 saturated heterocycles. The van der Waals surface area contributed by atoms with E-state index in [2.05, 4.69) is 15.0 Å². The van der Waals surface area contributed by atoms with Crippen molar-refractivity contribution in [2.24, 2.45) is 10.7 Å². The van der Waals surface area contributed by atoms with E-state index in [1.54, 1.807) is 45.0 Å². The summed E-state index contributed by atoms with van der Waals surface area (Å²) in [5.41, 5.74) is 9.18. The molecule has 6 nitrogen and oxygen atoms in total. The van der Waals surface area contributed by atoms with Crippen molar-refractivity contribution in [1.82, 2.24) is 4.72 Å². The molecule has 146 valence electrons. The number of benzene rings is 2. The second kappa shape index (κ2) is 8.10. The van der Waals surface area contributed by atoms with E-state index in [4.69, 9.17) is 5.73 Å². The average Bonchev–Trinajstić information content (AvgIpc) is 2.54. The lowest BCUT2D eigenvalue weighted by Crippen LogP contribution is -2.40. The summed E-state index contributed by atoms with van der Waals surface area (Å²) >= 11 is 0. The summed E-state index contributed by atoms with van der Waals surface area (Å²) in [5.74, 6) is 0.231. The van der Waals surface area contributed by atoms with E-state index in [1.165, 1.54) is 5.56 Å². The van der Waals surface area contributed by atoms with Gasteiger partial charge in [0.25, 0.3) is 0 Å². The van der Waals surface area contributed by atoms with Crippen molar-refractivity contribution < 1.29 is 8.42 Å². The van der Waals surface area contributed by atoms with Gasteiger partial charge in [-0.25, -0.2) is 18.1 Å². The average molecular weight is 389 g/mol. The molecule has 0 heterocycles. The van der Waals surface area contributed by atoms with Crippen LogP contribution in [0.25, 0.3) is 0 Å². The van der Waals surface area contributed by atoms with Crippen molar-refractivity contribution in [1.29, 1.82) is 0 Å². The van der Waals surface area contributed by atoms with Crippen LogP contribution in [-0.2, 0) is 16.6 Å². The number of rotatable bonds is 5. The monoisotopic (exact) mass is 388 g/mol. The molecular formula is C20H28N4O2S. The van der Waals surface area contributed by atoms with Crippen LogP contribution < -0.4 is 15.8 Å². The SMILES string of the molecule is Cc1ccc(NC(N)=NCc2ccccc2S(=O)(=O)NC(C)(C)C)cc1C. The maximum atomic E-state index is 12.7. The normalized spacial score (nSPS) is 12.9. The third-order valence-electron chi connectivity index (χ3n) is 3.90. The molecule has 0 amide bonds. The largest absolute Gasteiger partial charge is 0.370 e. The Morgan fingerprint density at radius 3 is 2.37 bits per heavy atom. The van der Waals surface area contributed by atoms with Crippen LogP contribution in [-0.4, -0.2) is 19.9 Å². The maximum absolute atomic E-state index is 12.7. The molecule has 0 saturated carbocycles. The van der Waals surface area contributed by atoms with Crippen molar-refractivity contribution in [3.63, 3.8) is 0 Å². The number of hydrogen-bond donors (Lipinski definition) is 3. The van der Waals surface area contributed by atoms with Gasteiger partial charge in [-0.3, -0.25) is 0 Å². The highest BCUT2D eigenvalue weighted by Gasteiger charge is 2.24. The fourth-order valence-electron chi connectivity index (χ4n) is 2.53. The molecular weight excluding hydrogens is 360 g/mol. The van der Waals surface area contributed by atoms with E-state index >= 15 is 0 Å². The summed E-state index contributed by atoms with van der Waals surface area (Å²) in [5, 5.41) is 3.04. The molecule has 27 heavy (non-hydrogen) atoms. The number of sulfonamides is 1. The molecule has 2 aromatic carbocycles. The van der Waals surface area contributed by atoms with Crippen LogP contribution in [0.3, 0.4) is 0 Å². The predicted molar refractivity (Wildman–Crippen MR) is 111 cm³/mol. The lowest BCUT2D eigenvalue weighted by molar-refractivity contribution is 0.491. The second-order valence-corrected chi connectivity index (χ2v) is 9.24. The van der Waals surface area contributed by atoms with Crippen molar-refractivity contribution in [3.05, 3.63) is 59.2 Å². The third kappa shape index (κ3) is 6.08. The summed E-state index contributed by atoms with van der Waals surface area (Å²) in [6.07, 6.45) is 0. The number of anilines is 1. The lowest BCUT2D eigenvalue weighted by atomic mass is 10.1. The topological polar surface area (TPSA) is 96.6 Å². The van der Waals surface area contributed by atoms with Crippen LogP contribution in [0.15, 0.2) is 52.4 Å². The Morgan fingerprint density at radius 2 is 1.74 bits per heavy atom.